The Morgan fingerprint density at radius 1 is 1.00 bits per heavy atom. The maximum absolute atomic E-state index is 10.5. The third-order valence-corrected chi connectivity index (χ3v) is 4.37. The second-order valence-electron chi connectivity index (χ2n) is 3.45. The van der Waals surface area contributed by atoms with Crippen molar-refractivity contribution in [2.75, 3.05) is 5.75 Å². The van der Waals surface area contributed by atoms with E-state index < -0.39 is 6.80 Å². The van der Waals surface area contributed by atoms with Gasteiger partial charge in [-0.25, -0.2) is 4.57 Å². The van der Waals surface area contributed by atoms with E-state index in [1.165, 1.54) is 32.1 Å². The first-order valence-corrected chi connectivity index (χ1v) is 8.46. The van der Waals surface area contributed by atoms with Gasteiger partial charge in [-0.2, -0.15) is 0 Å². The Morgan fingerprint density at radius 3 is 2.00 bits per heavy atom. The summed E-state index contributed by atoms with van der Waals surface area (Å²) in [6.45, 7) is -1.62. The van der Waals surface area contributed by atoms with E-state index in [1.54, 1.807) is 0 Å². The lowest BCUT2D eigenvalue weighted by Crippen LogP contribution is -1.83. The summed E-state index contributed by atoms with van der Waals surface area (Å²) in [4.78, 5) is 17.1. The molecule has 0 aromatic rings. The van der Waals surface area contributed by atoms with Gasteiger partial charge in [0.05, 0.1) is 0 Å². The molecule has 14 heavy (non-hydrogen) atoms. The van der Waals surface area contributed by atoms with Crippen molar-refractivity contribution in [3.8, 4) is 0 Å². The van der Waals surface area contributed by atoms with Crippen LogP contribution in [0, 0.1) is 0 Å². The largest absolute Gasteiger partial charge is 0.383 e. The summed E-state index contributed by atoms with van der Waals surface area (Å²) in [5.74, 6) is 0.581. The third-order valence-electron chi connectivity index (χ3n) is 2.01. The van der Waals surface area contributed by atoms with E-state index in [-0.39, 0.29) is 0 Å². The molecule has 0 aliphatic rings. The Bertz CT molecular complexity index is 169. The molecule has 0 radical (unpaired) electrons. The lowest BCUT2D eigenvalue weighted by atomic mass is 10.1. The zero-order chi connectivity index (χ0) is 10.9. The zero-order valence-electron chi connectivity index (χ0n) is 8.81. The molecule has 0 heterocycles. The molecule has 0 aliphatic heterocycles. The minimum Gasteiger partial charge on any atom is -0.317 e. The van der Waals surface area contributed by atoms with Crippen LogP contribution < -0.4 is 0 Å². The van der Waals surface area contributed by atoms with Crippen LogP contribution in [0.15, 0.2) is 0 Å². The predicted octanol–water partition coefficient (Wildman–Crippen LogP) is 3.56. The molecule has 0 saturated carbocycles. The smallest absolute Gasteiger partial charge is 0.317 e. The molecule has 0 aliphatic carbocycles. The molecule has 86 valence electrons. The van der Waals surface area contributed by atoms with Crippen LogP contribution in [0.3, 0.4) is 0 Å². The summed E-state index contributed by atoms with van der Waals surface area (Å²) in [5.41, 5.74) is 0. The summed E-state index contributed by atoms with van der Waals surface area (Å²) >= 11 is 0.769. The second kappa shape index (κ2) is 8.78. The fourth-order valence-corrected chi connectivity index (χ4v) is 2.91. The Balaban J connectivity index is 3.03. The van der Waals surface area contributed by atoms with Crippen LogP contribution in [0.5, 0.6) is 0 Å². The molecular weight excluding hydrogens is 219 g/mol. The highest BCUT2D eigenvalue weighted by Crippen LogP contribution is 2.50. The highest BCUT2D eigenvalue weighted by Gasteiger charge is 2.11. The summed E-state index contributed by atoms with van der Waals surface area (Å²) in [6, 6.07) is 0. The van der Waals surface area contributed by atoms with Crippen LogP contribution >= 0.6 is 18.2 Å². The summed E-state index contributed by atoms with van der Waals surface area (Å²) in [6.07, 6.45) is 8.32. The van der Waals surface area contributed by atoms with Gasteiger partial charge in [-0.05, 0) is 17.8 Å². The van der Waals surface area contributed by atoms with Crippen LogP contribution in [0.1, 0.15) is 51.9 Å². The Hall–Kier alpha value is 0.500. The van der Waals surface area contributed by atoms with E-state index in [0.717, 1.165) is 24.2 Å². The van der Waals surface area contributed by atoms with Gasteiger partial charge < -0.3 is 9.79 Å². The monoisotopic (exact) mass is 240 g/mol. The van der Waals surface area contributed by atoms with E-state index in [9.17, 15) is 4.57 Å². The highest BCUT2D eigenvalue weighted by molar-refractivity contribution is 8.54. The minimum atomic E-state index is -3.82. The SMILES string of the molecule is CCCCCCCCCSP(=O)(O)O. The molecule has 3 nitrogen and oxygen atoms in total. The van der Waals surface area contributed by atoms with E-state index >= 15 is 0 Å². The van der Waals surface area contributed by atoms with Gasteiger partial charge in [-0.3, -0.25) is 0 Å². The first kappa shape index (κ1) is 14.5. The van der Waals surface area contributed by atoms with Crippen molar-refractivity contribution >= 4 is 18.2 Å². The second-order valence-corrected chi connectivity index (χ2v) is 7.29. The molecule has 0 spiro atoms. The van der Waals surface area contributed by atoms with Gasteiger partial charge in [0, 0.05) is 5.75 Å². The van der Waals surface area contributed by atoms with Crippen molar-refractivity contribution in [3.05, 3.63) is 0 Å². The van der Waals surface area contributed by atoms with Crippen LogP contribution in [0.25, 0.3) is 0 Å². The normalized spacial score (nSPS) is 11.9. The molecule has 2 N–H and O–H groups in total. The zero-order valence-corrected chi connectivity index (χ0v) is 10.5. The van der Waals surface area contributed by atoms with Crippen molar-refractivity contribution in [2.24, 2.45) is 0 Å². The van der Waals surface area contributed by atoms with E-state index in [1.807, 2.05) is 0 Å². The molecule has 0 atom stereocenters. The van der Waals surface area contributed by atoms with Gasteiger partial charge in [0.25, 0.3) is 0 Å². The number of rotatable bonds is 9. The lowest BCUT2D eigenvalue weighted by Gasteiger charge is -2.02. The number of hydrogen-bond acceptors (Lipinski definition) is 2. The molecule has 0 aromatic carbocycles. The Kier molecular flexibility index (Phi) is 9.09. The topological polar surface area (TPSA) is 57.5 Å². The third kappa shape index (κ3) is 12.5. The first-order chi connectivity index (χ1) is 6.56. The number of unbranched alkanes of at least 4 members (excludes halogenated alkanes) is 6. The fourth-order valence-electron chi connectivity index (χ4n) is 1.24. The van der Waals surface area contributed by atoms with E-state index in [4.69, 9.17) is 9.79 Å². The summed E-state index contributed by atoms with van der Waals surface area (Å²) in [5, 5.41) is 0. The van der Waals surface area contributed by atoms with Crippen LogP contribution in [-0.4, -0.2) is 15.5 Å². The minimum absolute atomic E-state index is 0.581. The molecular formula is C9H21O3PS. The summed E-state index contributed by atoms with van der Waals surface area (Å²) in [7, 11) is 0. The molecule has 0 aromatic heterocycles. The molecule has 0 saturated heterocycles. The maximum Gasteiger partial charge on any atom is 0.383 e. The maximum atomic E-state index is 10.5. The average molecular weight is 240 g/mol. The van der Waals surface area contributed by atoms with Crippen LogP contribution in [0.2, 0.25) is 0 Å². The molecule has 0 bridgehead atoms. The standard InChI is InChI=1S/C9H21O3PS/c1-2-3-4-5-6-7-8-9-14-13(10,11)12/h2-9H2,1H3,(H2,10,11,12). The van der Waals surface area contributed by atoms with Crippen molar-refractivity contribution in [1.29, 1.82) is 0 Å². The van der Waals surface area contributed by atoms with Gasteiger partial charge in [-0.1, -0.05) is 45.4 Å². The van der Waals surface area contributed by atoms with Crippen molar-refractivity contribution in [2.45, 2.75) is 51.9 Å². The quantitative estimate of drug-likeness (QED) is 0.478. The van der Waals surface area contributed by atoms with Crippen LogP contribution in [-0.2, 0) is 4.57 Å². The van der Waals surface area contributed by atoms with Gasteiger partial charge in [0.1, 0.15) is 0 Å². The van der Waals surface area contributed by atoms with Gasteiger partial charge in [0.2, 0.25) is 0 Å². The summed E-state index contributed by atoms with van der Waals surface area (Å²) < 4.78 is 10.5. The molecule has 0 unspecified atom stereocenters. The van der Waals surface area contributed by atoms with Crippen molar-refractivity contribution in [1.82, 2.24) is 0 Å². The predicted molar refractivity (Wildman–Crippen MR) is 62.5 cm³/mol. The first-order valence-electron chi connectivity index (χ1n) is 5.26. The lowest BCUT2D eigenvalue weighted by molar-refractivity contribution is 0.397. The van der Waals surface area contributed by atoms with Gasteiger partial charge >= 0.3 is 6.80 Å². The fraction of sp³-hybridized carbons (Fsp3) is 1.00. The molecule has 0 rings (SSSR count). The van der Waals surface area contributed by atoms with Crippen molar-refractivity contribution in [3.63, 3.8) is 0 Å². The van der Waals surface area contributed by atoms with E-state index in [0.29, 0.717) is 5.75 Å². The average Bonchev–Trinajstić information content (AvgIpc) is 2.08. The molecule has 0 fully saturated rings. The highest BCUT2D eigenvalue weighted by atomic mass is 32.7. The number of hydrogen-bond donors (Lipinski definition) is 2. The van der Waals surface area contributed by atoms with Gasteiger partial charge in [-0.15, -0.1) is 0 Å². The van der Waals surface area contributed by atoms with Crippen LogP contribution in [0.4, 0.5) is 0 Å². The Morgan fingerprint density at radius 2 is 1.50 bits per heavy atom. The van der Waals surface area contributed by atoms with Crippen molar-refractivity contribution < 1.29 is 14.4 Å². The van der Waals surface area contributed by atoms with E-state index in [2.05, 4.69) is 6.92 Å². The molecule has 0 amide bonds. The van der Waals surface area contributed by atoms with Gasteiger partial charge in [0.15, 0.2) is 0 Å². The Labute approximate surface area is 90.6 Å². The molecule has 5 heteroatoms.